The van der Waals surface area contributed by atoms with Crippen LogP contribution in [0.15, 0.2) is 27.1 Å². The molecule has 0 amide bonds. The molecule has 13 heavy (non-hydrogen) atoms. The lowest BCUT2D eigenvalue weighted by Gasteiger charge is -1.94. The van der Waals surface area contributed by atoms with Gasteiger partial charge in [0.05, 0.1) is 0 Å². The van der Waals surface area contributed by atoms with Crippen molar-refractivity contribution in [2.75, 3.05) is 0 Å². The fourth-order valence-electron chi connectivity index (χ4n) is 1.20. The van der Waals surface area contributed by atoms with Gasteiger partial charge in [0.25, 0.3) is 0 Å². The molecular weight excluding hydrogens is 380 g/mol. The third kappa shape index (κ3) is 2.01. The minimum atomic E-state index is 0.927. The summed E-state index contributed by atoms with van der Waals surface area (Å²) in [7, 11) is 0. The molecule has 0 fully saturated rings. The molecule has 68 valence electrons. The summed E-state index contributed by atoms with van der Waals surface area (Å²) in [4.78, 5) is 1.36. The number of halogens is 3. The van der Waals surface area contributed by atoms with Crippen LogP contribution in [0.5, 0.6) is 0 Å². The standard InChI is InChI=1S/C9H5Br3S/c10-4-7-2-5-1-6(11)3-8(12)9(5)13-7/h1-3H,4H2. The van der Waals surface area contributed by atoms with Gasteiger partial charge in [-0.1, -0.05) is 31.9 Å². The Bertz CT molecular complexity index is 447. The second-order valence-electron chi connectivity index (χ2n) is 2.65. The van der Waals surface area contributed by atoms with Crippen molar-refractivity contribution < 1.29 is 0 Å². The second-order valence-corrected chi connectivity index (χ2v) is 6.12. The highest BCUT2D eigenvalue weighted by Crippen LogP contribution is 2.35. The first-order valence-electron chi connectivity index (χ1n) is 3.64. The van der Waals surface area contributed by atoms with Gasteiger partial charge < -0.3 is 0 Å². The molecule has 0 aliphatic rings. The van der Waals surface area contributed by atoms with E-state index in [9.17, 15) is 0 Å². The van der Waals surface area contributed by atoms with Gasteiger partial charge in [-0.2, -0.15) is 0 Å². The molecule has 4 heteroatoms. The van der Waals surface area contributed by atoms with Gasteiger partial charge in [-0.05, 0) is 39.5 Å². The monoisotopic (exact) mass is 382 g/mol. The first kappa shape index (κ1) is 10.1. The van der Waals surface area contributed by atoms with Crippen molar-refractivity contribution in [2.45, 2.75) is 5.33 Å². The summed E-state index contributed by atoms with van der Waals surface area (Å²) in [5, 5.41) is 2.22. The molecule has 0 unspecified atom stereocenters. The van der Waals surface area contributed by atoms with Gasteiger partial charge in [-0.15, -0.1) is 11.3 Å². The molecule has 0 spiro atoms. The molecule has 2 aromatic rings. The fourth-order valence-corrected chi connectivity index (χ4v) is 4.10. The molecule has 0 bridgehead atoms. The van der Waals surface area contributed by atoms with Crippen LogP contribution in [0.1, 0.15) is 4.88 Å². The van der Waals surface area contributed by atoms with Gasteiger partial charge in [0.2, 0.25) is 0 Å². The topological polar surface area (TPSA) is 0 Å². The molecule has 0 saturated carbocycles. The van der Waals surface area contributed by atoms with E-state index in [0.717, 1.165) is 14.3 Å². The number of alkyl halides is 1. The van der Waals surface area contributed by atoms with Crippen molar-refractivity contribution in [1.29, 1.82) is 0 Å². The van der Waals surface area contributed by atoms with Crippen LogP contribution in [-0.4, -0.2) is 0 Å². The number of benzene rings is 1. The molecule has 0 aliphatic heterocycles. The Kier molecular flexibility index (Phi) is 3.13. The first-order valence-corrected chi connectivity index (χ1v) is 7.16. The summed E-state index contributed by atoms with van der Waals surface area (Å²) in [6, 6.07) is 6.43. The van der Waals surface area contributed by atoms with Crippen LogP contribution in [0.25, 0.3) is 10.1 Å². The second kappa shape index (κ2) is 4.01. The summed E-state index contributed by atoms with van der Waals surface area (Å²) < 4.78 is 3.59. The number of thiophene rings is 1. The van der Waals surface area contributed by atoms with Crippen LogP contribution >= 0.6 is 59.1 Å². The smallest absolute Gasteiger partial charge is 0.0488 e. The highest BCUT2D eigenvalue weighted by Gasteiger charge is 2.05. The quantitative estimate of drug-likeness (QED) is 0.583. The van der Waals surface area contributed by atoms with Crippen LogP contribution < -0.4 is 0 Å². The molecule has 1 heterocycles. The van der Waals surface area contributed by atoms with Crippen molar-refractivity contribution in [3.63, 3.8) is 0 Å². The minimum Gasteiger partial charge on any atom is -0.138 e. The Hall–Kier alpha value is 0.620. The van der Waals surface area contributed by atoms with E-state index in [4.69, 9.17) is 0 Å². The van der Waals surface area contributed by atoms with Crippen molar-refractivity contribution in [3.05, 3.63) is 32.0 Å². The van der Waals surface area contributed by atoms with Gasteiger partial charge >= 0.3 is 0 Å². The van der Waals surface area contributed by atoms with E-state index < -0.39 is 0 Å². The summed E-state index contributed by atoms with van der Waals surface area (Å²) in [6.07, 6.45) is 0. The average molecular weight is 385 g/mol. The van der Waals surface area contributed by atoms with Crippen LogP contribution in [0.3, 0.4) is 0 Å². The molecule has 0 atom stereocenters. The zero-order chi connectivity index (χ0) is 9.42. The fraction of sp³-hybridized carbons (Fsp3) is 0.111. The molecule has 1 aromatic carbocycles. The normalized spacial score (nSPS) is 11.0. The maximum atomic E-state index is 3.56. The van der Waals surface area contributed by atoms with E-state index in [-0.39, 0.29) is 0 Å². The summed E-state index contributed by atoms with van der Waals surface area (Å²) in [5.41, 5.74) is 0. The zero-order valence-electron chi connectivity index (χ0n) is 6.48. The van der Waals surface area contributed by atoms with Gasteiger partial charge in [-0.3, -0.25) is 0 Å². The lowest BCUT2D eigenvalue weighted by molar-refractivity contribution is 1.59. The van der Waals surface area contributed by atoms with Crippen molar-refractivity contribution >= 4 is 69.2 Å². The van der Waals surface area contributed by atoms with Crippen LogP contribution in [0.4, 0.5) is 0 Å². The van der Waals surface area contributed by atoms with E-state index >= 15 is 0 Å². The Morgan fingerprint density at radius 2 is 1.92 bits per heavy atom. The molecule has 0 nitrogen and oxygen atoms in total. The molecule has 0 saturated heterocycles. The summed E-state index contributed by atoms with van der Waals surface area (Å²) >= 11 is 12.3. The Morgan fingerprint density at radius 3 is 2.62 bits per heavy atom. The van der Waals surface area contributed by atoms with Gasteiger partial charge in [0, 0.05) is 23.9 Å². The maximum absolute atomic E-state index is 3.56. The van der Waals surface area contributed by atoms with Gasteiger partial charge in [0.15, 0.2) is 0 Å². The summed E-state index contributed by atoms with van der Waals surface area (Å²) in [6.45, 7) is 0. The van der Waals surface area contributed by atoms with Crippen molar-refractivity contribution in [3.8, 4) is 0 Å². The third-order valence-electron chi connectivity index (χ3n) is 1.72. The molecule has 0 radical (unpaired) electrons. The Morgan fingerprint density at radius 1 is 1.15 bits per heavy atom. The molecule has 1 aromatic heterocycles. The minimum absolute atomic E-state index is 0.927. The molecular formula is C9H5Br3S. The van der Waals surface area contributed by atoms with Crippen LogP contribution in [-0.2, 0) is 5.33 Å². The SMILES string of the molecule is BrCc1cc2cc(Br)cc(Br)c2s1. The zero-order valence-corrected chi connectivity index (χ0v) is 12.1. The maximum Gasteiger partial charge on any atom is 0.0488 e. The largest absolute Gasteiger partial charge is 0.138 e. The van der Waals surface area contributed by atoms with E-state index in [1.165, 1.54) is 15.0 Å². The van der Waals surface area contributed by atoms with Gasteiger partial charge in [0.1, 0.15) is 0 Å². The lowest BCUT2D eigenvalue weighted by atomic mass is 10.2. The van der Waals surface area contributed by atoms with E-state index in [0.29, 0.717) is 0 Å². The van der Waals surface area contributed by atoms with E-state index in [1.807, 2.05) is 11.3 Å². The Balaban J connectivity index is 2.75. The highest BCUT2D eigenvalue weighted by molar-refractivity contribution is 9.11. The van der Waals surface area contributed by atoms with Crippen molar-refractivity contribution in [2.24, 2.45) is 0 Å². The average Bonchev–Trinajstić information content (AvgIpc) is 2.47. The van der Waals surface area contributed by atoms with Crippen molar-refractivity contribution in [1.82, 2.24) is 0 Å². The molecule has 2 rings (SSSR count). The number of fused-ring (bicyclic) bond motifs is 1. The number of hydrogen-bond acceptors (Lipinski definition) is 1. The van der Waals surface area contributed by atoms with Crippen LogP contribution in [0.2, 0.25) is 0 Å². The predicted molar refractivity (Wildman–Crippen MR) is 69.9 cm³/mol. The Labute approximate surface area is 106 Å². The van der Waals surface area contributed by atoms with Gasteiger partial charge in [-0.25, -0.2) is 0 Å². The van der Waals surface area contributed by atoms with E-state index in [1.54, 1.807) is 0 Å². The van der Waals surface area contributed by atoms with E-state index in [2.05, 4.69) is 66.0 Å². The predicted octanol–water partition coefficient (Wildman–Crippen LogP) is 5.32. The number of rotatable bonds is 1. The van der Waals surface area contributed by atoms with Crippen LogP contribution in [0, 0.1) is 0 Å². The molecule has 0 N–H and O–H groups in total. The first-order chi connectivity index (χ1) is 6.20. The summed E-state index contributed by atoms with van der Waals surface area (Å²) in [5.74, 6) is 0. The number of hydrogen-bond donors (Lipinski definition) is 0. The highest BCUT2D eigenvalue weighted by atomic mass is 79.9. The third-order valence-corrected chi connectivity index (χ3v) is 5.22. The molecule has 0 aliphatic carbocycles. The lowest BCUT2D eigenvalue weighted by Crippen LogP contribution is -1.67.